The molecule has 1 aliphatic rings. The number of rotatable bonds is 7. The summed E-state index contributed by atoms with van der Waals surface area (Å²) in [7, 11) is 0. The lowest BCUT2D eigenvalue weighted by Crippen LogP contribution is -2.35. The molecule has 28 heavy (non-hydrogen) atoms. The molecule has 1 saturated carbocycles. The zero-order valence-corrected chi connectivity index (χ0v) is 16.7. The maximum Gasteiger partial charge on any atom is 0.254 e. The molecule has 2 aromatic rings. The fraction of sp³-hybridized carbons (Fsp3) is 0.381. The van der Waals surface area contributed by atoms with Gasteiger partial charge in [0.1, 0.15) is 10.8 Å². The van der Waals surface area contributed by atoms with Crippen molar-refractivity contribution in [3.8, 4) is 0 Å². The van der Waals surface area contributed by atoms with Gasteiger partial charge in [-0.1, -0.05) is 18.9 Å². The molecule has 0 aliphatic heterocycles. The van der Waals surface area contributed by atoms with Crippen LogP contribution in [-0.2, 0) is 0 Å². The normalized spacial score (nSPS) is 14.1. The minimum Gasteiger partial charge on any atom is -0.350 e. The van der Waals surface area contributed by atoms with Crippen LogP contribution in [0.2, 0.25) is 0 Å². The predicted octanol–water partition coefficient (Wildman–Crippen LogP) is 3.72. The van der Waals surface area contributed by atoms with Crippen molar-refractivity contribution in [1.29, 1.82) is 0 Å². The highest BCUT2D eigenvalue weighted by molar-refractivity contribution is 7.99. The van der Waals surface area contributed by atoms with Crippen LogP contribution in [0.25, 0.3) is 0 Å². The Bertz CT molecular complexity index is 853. The molecule has 0 radical (unpaired) electrons. The standard InChI is InChI=1S/C21H24FN3O2S/c1-14-8-9-15(13-18(14)22)19(26)23-11-12-24-20(27)17-7-4-10-25-21(17)28-16-5-2-3-6-16/h4,7-10,13,16H,2-3,5-6,11-12H2,1H3,(H,23,26)(H,24,27). The molecule has 0 atom stereocenters. The highest BCUT2D eigenvalue weighted by atomic mass is 32.2. The third kappa shape index (κ3) is 5.32. The maximum absolute atomic E-state index is 13.6. The first-order valence-corrected chi connectivity index (χ1v) is 10.4. The van der Waals surface area contributed by atoms with Crippen LogP contribution in [0, 0.1) is 12.7 Å². The Labute approximate surface area is 168 Å². The van der Waals surface area contributed by atoms with Crippen LogP contribution in [0.3, 0.4) is 0 Å². The molecule has 3 rings (SSSR count). The summed E-state index contributed by atoms with van der Waals surface area (Å²) < 4.78 is 13.6. The second-order valence-corrected chi connectivity index (χ2v) is 8.15. The average molecular weight is 402 g/mol. The molecular weight excluding hydrogens is 377 g/mol. The molecule has 7 heteroatoms. The number of pyridine rings is 1. The summed E-state index contributed by atoms with van der Waals surface area (Å²) in [6.07, 6.45) is 6.49. The minimum atomic E-state index is -0.412. The lowest BCUT2D eigenvalue weighted by molar-refractivity contribution is 0.0925. The second-order valence-electron chi connectivity index (χ2n) is 6.86. The molecule has 148 valence electrons. The molecule has 1 fully saturated rings. The quantitative estimate of drug-likeness (QED) is 0.694. The topological polar surface area (TPSA) is 71.1 Å². The van der Waals surface area contributed by atoms with Gasteiger partial charge in [0.15, 0.2) is 0 Å². The fourth-order valence-electron chi connectivity index (χ4n) is 3.11. The van der Waals surface area contributed by atoms with E-state index in [-0.39, 0.29) is 30.5 Å². The Morgan fingerprint density at radius 2 is 1.86 bits per heavy atom. The number of nitrogens with one attached hydrogen (secondary N) is 2. The molecule has 5 nitrogen and oxygen atoms in total. The van der Waals surface area contributed by atoms with E-state index < -0.39 is 5.82 Å². The molecule has 2 amide bonds. The van der Waals surface area contributed by atoms with Gasteiger partial charge in [-0.05, 0) is 49.6 Å². The zero-order chi connectivity index (χ0) is 19.9. The number of aryl methyl sites for hydroxylation is 1. The number of halogens is 1. The molecule has 2 N–H and O–H groups in total. The number of amides is 2. The highest BCUT2D eigenvalue weighted by Crippen LogP contribution is 2.35. The summed E-state index contributed by atoms with van der Waals surface area (Å²) in [5.74, 6) is -0.985. The number of carbonyl (C=O) groups is 2. The summed E-state index contributed by atoms with van der Waals surface area (Å²) >= 11 is 1.67. The molecule has 0 bridgehead atoms. The van der Waals surface area contributed by atoms with Gasteiger partial charge < -0.3 is 10.6 Å². The number of hydrogen-bond donors (Lipinski definition) is 2. The average Bonchev–Trinajstić information content (AvgIpc) is 3.20. The van der Waals surface area contributed by atoms with E-state index in [1.807, 2.05) is 0 Å². The van der Waals surface area contributed by atoms with Crippen LogP contribution in [0.5, 0.6) is 0 Å². The van der Waals surface area contributed by atoms with Crippen LogP contribution in [0.4, 0.5) is 4.39 Å². The number of benzene rings is 1. The van der Waals surface area contributed by atoms with Crippen molar-refractivity contribution < 1.29 is 14.0 Å². The molecule has 0 saturated heterocycles. The lowest BCUT2D eigenvalue weighted by Gasteiger charge is -2.12. The van der Waals surface area contributed by atoms with Crippen molar-refractivity contribution >= 4 is 23.6 Å². The number of thioether (sulfide) groups is 1. The molecular formula is C21H24FN3O2S. The predicted molar refractivity (Wildman–Crippen MR) is 108 cm³/mol. The molecule has 1 aromatic heterocycles. The van der Waals surface area contributed by atoms with Crippen molar-refractivity contribution in [2.75, 3.05) is 13.1 Å². The van der Waals surface area contributed by atoms with Crippen LogP contribution in [-0.4, -0.2) is 35.1 Å². The van der Waals surface area contributed by atoms with Crippen molar-refractivity contribution in [2.45, 2.75) is 42.9 Å². The van der Waals surface area contributed by atoms with Gasteiger partial charge in [-0.3, -0.25) is 9.59 Å². The smallest absolute Gasteiger partial charge is 0.254 e. The van der Waals surface area contributed by atoms with Gasteiger partial charge in [-0.25, -0.2) is 9.37 Å². The monoisotopic (exact) mass is 401 g/mol. The van der Waals surface area contributed by atoms with Crippen LogP contribution in [0.1, 0.15) is 52.0 Å². The van der Waals surface area contributed by atoms with E-state index in [0.717, 1.165) is 17.9 Å². The highest BCUT2D eigenvalue weighted by Gasteiger charge is 2.20. The largest absolute Gasteiger partial charge is 0.350 e. The van der Waals surface area contributed by atoms with Crippen LogP contribution < -0.4 is 10.6 Å². The minimum absolute atomic E-state index is 0.204. The van der Waals surface area contributed by atoms with Crippen molar-refractivity contribution in [2.24, 2.45) is 0 Å². The summed E-state index contributed by atoms with van der Waals surface area (Å²) in [5.41, 5.74) is 1.31. The Morgan fingerprint density at radius 3 is 2.57 bits per heavy atom. The van der Waals surface area contributed by atoms with Gasteiger partial charge in [0.2, 0.25) is 0 Å². The maximum atomic E-state index is 13.6. The van der Waals surface area contributed by atoms with E-state index in [9.17, 15) is 14.0 Å². The third-order valence-corrected chi connectivity index (χ3v) is 6.08. The van der Waals surface area contributed by atoms with Crippen LogP contribution in [0.15, 0.2) is 41.6 Å². The first kappa shape index (κ1) is 20.3. The summed E-state index contributed by atoms with van der Waals surface area (Å²) in [4.78, 5) is 28.9. The SMILES string of the molecule is Cc1ccc(C(=O)NCCNC(=O)c2cccnc2SC2CCCC2)cc1F. The van der Waals surface area contributed by atoms with E-state index in [1.165, 1.54) is 18.9 Å². The second kappa shape index (κ2) is 9.68. The van der Waals surface area contributed by atoms with E-state index in [4.69, 9.17) is 0 Å². The lowest BCUT2D eigenvalue weighted by atomic mass is 10.1. The van der Waals surface area contributed by atoms with Gasteiger partial charge in [0.05, 0.1) is 5.56 Å². The summed E-state index contributed by atoms with van der Waals surface area (Å²) in [6.45, 7) is 2.18. The molecule has 0 spiro atoms. The van der Waals surface area contributed by atoms with Crippen molar-refractivity contribution in [3.05, 3.63) is 59.0 Å². The van der Waals surface area contributed by atoms with Crippen LogP contribution >= 0.6 is 11.8 Å². The third-order valence-electron chi connectivity index (χ3n) is 4.73. The fourth-order valence-corrected chi connectivity index (χ4v) is 4.40. The van der Waals surface area contributed by atoms with Gasteiger partial charge in [0, 0.05) is 30.1 Å². The van der Waals surface area contributed by atoms with E-state index in [1.54, 1.807) is 49.1 Å². The van der Waals surface area contributed by atoms with Gasteiger partial charge >= 0.3 is 0 Å². The van der Waals surface area contributed by atoms with Crippen molar-refractivity contribution in [3.63, 3.8) is 0 Å². The van der Waals surface area contributed by atoms with E-state index >= 15 is 0 Å². The van der Waals surface area contributed by atoms with E-state index in [0.29, 0.717) is 16.4 Å². The molecule has 0 unspecified atom stereocenters. The Morgan fingerprint density at radius 1 is 1.14 bits per heavy atom. The number of carbonyl (C=O) groups excluding carboxylic acids is 2. The zero-order valence-electron chi connectivity index (χ0n) is 15.8. The Hall–Kier alpha value is -2.41. The molecule has 1 aliphatic carbocycles. The Kier molecular flexibility index (Phi) is 7.03. The van der Waals surface area contributed by atoms with Gasteiger partial charge in [-0.2, -0.15) is 0 Å². The molecule has 1 heterocycles. The first-order valence-electron chi connectivity index (χ1n) is 9.49. The molecule has 1 aromatic carbocycles. The number of hydrogen-bond acceptors (Lipinski definition) is 4. The summed E-state index contributed by atoms with van der Waals surface area (Å²) in [6, 6.07) is 7.88. The summed E-state index contributed by atoms with van der Waals surface area (Å²) in [5, 5.41) is 6.77. The number of nitrogens with zero attached hydrogens (tertiary/aromatic N) is 1. The van der Waals surface area contributed by atoms with Gasteiger partial charge in [-0.15, -0.1) is 11.8 Å². The van der Waals surface area contributed by atoms with E-state index in [2.05, 4.69) is 15.6 Å². The first-order chi connectivity index (χ1) is 13.5. The van der Waals surface area contributed by atoms with Crippen molar-refractivity contribution in [1.82, 2.24) is 15.6 Å². The number of aromatic nitrogens is 1. The Balaban J connectivity index is 1.49. The van der Waals surface area contributed by atoms with Gasteiger partial charge in [0.25, 0.3) is 11.8 Å².